The zero-order chi connectivity index (χ0) is 14.9. The zero-order valence-corrected chi connectivity index (χ0v) is 12.7. The Bertz CT molecular complexity index is 549. The number of H-pyrrole nitrogens is 1. The molecular weight excluding hydrogens is 254 g/mol. The van der Waals surface area contributed by atoms with Crippen LogP contribution in [0.3, 0.4) is 0 Å². The molecule has 0 saturated heterocycles. The van der Waals surface area contributed by atoms with E-state index in [0.29, 0.717) is 11.1 Å². The van der Waals surface area contributed by atoms with Crippen LogP contribution in [0.2, 0.25) is 0 Å². The summed E-state index contributed by atoms with van der Waals surface area (Å²) in [5.74, 6) is 0.00717. The molecule has 1 aromatic rings. The first-order valence-electron chi connectivity index (χ1n) is 7.12. The summed E-state index contributed by atoms with van der Waals surface area (Å²) in [6.07, 6.45) is 3.50. The second kappa shape index (κ2) is 5.38. The number of nitrogens with zero attached hydrogens (tertiary/aromatic N) is 1. The summed E-state index contributed by atoms with van der Waals surface area (Å²) < 4.78 is 0. The van der Waals surface area contributed by atoms with Gasteiger partial charge in [0.15, 0.2) is 0 Å². The number of aromatic nitrogens is 2. The maximum Gasteiger partial charge on any atom is 0.345 e. The Morgan fingerprint density at radius 2 is 2.15 bits per heavy atom. The molecule has 1 heterocycles. The van der Waals surface area contributed by atoms with Crippen LogP contribution in [0.4, 0.5) is 0 Å². The van der Waals surface area contributed by atoms with Gasteiger partial charge in [-0.3, -0.25) is 4.79 Å². The summed E-state index contributed by atoms with van der Waals surface area (Å²) in [5.41, 5.74) is 2.14. The SMILES string of the molecule is Cc1nc(=O)[nH]c(C)c1CC(=O)NC1CCC(C)(C)C1. The monoisotopic (exact) mass is 277 g/mol. The van der Waals surface area contributed by atoms with Crippen LogP contribution in [0.5, 0.6) is 0 Å². The fourth-order valence-corrected chi connectivity index (χ4v) is 3.01. The van der Waals surface area contributed by atoms with E-state index in [1.165, 1.54) is 0 Å². The molecule has 1 aliphatic rings. The van der Waals surface area contributed by atoms with Crippen LogP contribution in [-0.4, -0.2) is 21.9 Å². The van der Waals surface area contributed by atoms with Crippen molar-refractivity contribution < 1.29 is 4.79 Å². The summed E-state index contributed by atoms with van der Waals surface area (Å²) >= 11 is 0. The molecule has 2 N–H and O–H groups in total. The van der Waals surface area contributed by atoms with Crippen LogP contribution < -0.4 is 11.0 Å². The van der Waals surface area contributed by atoms with Crippen molar-refractivity contribution in [3.05, 3.63) is 27.4 Å². The zero-order valence-electron chi connectivity index (χ0n) is 12.7. The minimum atomic E-state index is -0.360. The van der Waals surface area contributed by atoms with Gasteiger partial charge in [0.2, 0.25) is 5.91 Å². The highest BCUT2D eigenvalue weighted by molar-refractivity contribution is 5.79. The van der Waals surface area contributed by atoms with Crippen molar-refractivity contribution in [2.75, 3.05) is 0 Å². The number of hydrogen-bond acceptors (Lipinski definition) is 3. The van der Waals surface area contributed by atoms with Gasteiger partial charge in [-0.25, -0.2) is 4.79 Å². The van der Waals surface area contributed by atoms with Gasteiger partial charge >= 0.3 is 5.69 Å². The van der Waals surface area contributed by atoms with Crippen LogP contribution in [0.1, 0.15) is 50.1 Å². The highest BCUT2D eigenvalue weighted by atomic mass is 16.2. The van der Waals surface area contributed by atoms with E-state index in [4.69, 9.17) is 0 Å². The molecule has 0 aromatic carbocycles. The molecule has 5 nitrogen and oxygen atoms in total. The molecule has 0 radical (unpaired) electrons. The van der Waals surface area contributed by atoms with Crippen LogP contribution in [0, 0.1) is 19.3 Å². The number of carbonyl (C=O) groups excluding carboxylic acids is 1. The minimum Gasteiger partial charge on any atom is -0.353 e. The molecule has 0 spiro atoms. The van der Waals surface area contributed by atoms with Crippen molar-refractivity contribution in [2.24, 2.45) is 5.41 Å². The Morgan fingerprint density at radius 1 is 1.45 bits per heavy atom. The maximum absolute atomic E-state index is 12.1. The number of rotatable bonds is 3. The average molecular weight is 277 g/mol. The van der Waals surface area contributed by atoms with Gasteiger partial charge in [-0.15, -0.1) is 0 Å². The van der Waals surface area contributed by atoms with Crippen molar-refractivity contribution in [1.82, 2.24) is 15.3 Å². The third-order valence-corrected chi connectivity index (χ3v) is 4.12. The molecule has 1 saturated carbocycles. The first kappa shape index (κ1) is 14.8. The van der Waals surface area contributed by atoms with Gasteiger partial charge in [0.05, 0.1) is 6.42 Å². The minimum absolute atomic E-state index is 0.00717. The molecule has 0 aliphatic heterocycles. The fraction of sp³-hybridized carbons (Fsp3) is 0.667. The Morgan fingerprint density at radius 3 is 2.70 bits per heavy atom. The van der Waals surface area contributed by atoms with E-state index in [2.05, 4.69) is 29.1 Å². The van der Waals surface area contributed by atoms with Crippen LogP contribution >= 0.6 is 0 Å². The van der Waals surface area contributed by atoms with Crippen LogP contribution in [0.15, 0.2) is 4.79 Å². The van der Waals surface area contributed by atoms with E-state index in [0.717, 1.165) is 30.5 Å². The third-order valence-electron chi connectivity index (χ3n) is 4.12. The van der Waals surface area contributed by atoms with Crippen LogP contribution in [-0.2, 0) is 11.2 Å². The Hall–Kier alpha value is -1.65. The largest absolute Gasteiger partial charge is 0.353 e. The smallest absolute Gasteiger partial charge is 0.345 e. The fourth-order valence-electron chi connectivity index (χ4n) is 3.01. The van der Waals surface area contributed by atoms with Gasteiger partial charge in [-0.05, 0) is 38.5 Å². The van der Waals surface area contributed by atoms with Crippen molar-refractivity contribution >= 4 is 5.91 Å². The molecular formula is C15H23N3O2. The summed E-state index contributed by atoms with van der Waals surface area (Å²) in [4.78, 5) is 29.9. The number of hydrogen-bond donors (Lipinski definition) is 2. The molecule has 20 heavy (non-hydrogen) atoms. The van der Waals surface area contributed by atoms with Gasteiger partial charge in [0.25, 0.3) is 0 Å². The first-order chi connectivity index (χ1) is 9.27. The highest BCUT2D eigenvalue weighted by Crippen LogP contribution is 2.36. The summed E-state index contributed by atoms with van der Waals surface area (Å²) in [5, 5.41) is 3.09. The topological polar surface area (TPSA) is 74.8 Å². The second-order valence-corrected chi connectivity index (χ2v) is 6.58. The van der Waals surface area contributed by atoms with E-state index >= 15 is 0 Å². The molecule has 2 rings (SSSR count). The number of carbonyl (C=O) groups is 1. The first-order valence-corrected chi connectivity index (χ1v) is 7.12. The molecule has 110 valence electrons. The lowest BCUT2D eigenvalue weighted by molar-refractivity contribution is -0.121. The number of aryl methyl sites for hydroxylation is 2. The van der Waals surface area contributed by atoms with E-state index < -0.39 is 0 Å². The van der Waals surface area contributed by atoms with E-state index in [1.807, 2.05) is 0 Å². The van der Waals surface area contributed by atoms with E-state index in [9.17, 15) is 9.59 Å². The standard InChI is InChI=1S/C15H23N3O2/c1-9-12(10(2)17-14(20)16-9)7-13(19)18-11-5-6-15(3,4)8-11/h11H,5-8H2,1-4H3,(H,18,19)(H,16,17,20). The molecule has 1 aliphatic carbocycles. The molecule has 0 bridgehead atoms. The molecule has 1 atom stereocenters. The van der Waals surface area contributed by atoms with E-state index in [1.54, 1.807) is 13.8 Å². The van der Waals surface area contributed by atoms with Gasteiger partial charge in [-0.1, -0.05) is 13.8 Å². The molecule has 1 fully saturated rings. The van der Waals surface area contributed by atoms with Crippen LogP contribution in [0.25, 0.3) is 0 Å². The average Bonchev–Trinajstić information content (AvgIpc) is 2.63. The molecule has 5 heteroatoms. The quantitative estimate of drug-likeness (QED) is 0.881. The highest BCUT2D eigenvalue weighted by Gasteiger charge is 2.31. The lowest BCUT2D eigenvalue weighted by Gasteiger charge is -2.18. The maximum atomic E-state index is 12.1. The second-order valence-electron chi connectivity index (χ2n) is 6.58. The molecule has 1 amide bonds. The third kappa shape index (κ3) is 3.46. The number of aromatic amines is 1. The van der Waals surface area contributed by atoms with Gasteiger partial charge in [0.1, 0.15) is 0 Å². The summed E-state index contributed by atoms with van der Waals surface area (Å²) in [6, 6.07) is 0.272. The van der Waals surface area contributed by atoms with Crippen molar-refractivity contribution in [2.45, 2.75) is 59.4 Å². The van der Waals surface area contributed by atoms with Gasteiger partial charge in [0, 0.05) is 23.0 Å². The predicted molar refractivity (Wildman–Crippen MR) is 77.6 cm³/mol. The lowest BCUT2D eigenvalue weighted by Crippen LogP contribution is -2.35. The number of amides is 1. The van der Waals surface area contributed by atoms with Gasteiger partial charge < -0.3 is 10.3 Å². The Balaban J connectivity index is 2.01. The van der Waals surface area contributed by atoms with Gasteiger partial charge in [-0.2, -0.15) is 4.98 Å². The molecule has 1 unspecified atom stereocenters. The summed E-state index contributed by atoms with van der Waals surface area (Å²) in [7, 11) is 0. The van der Waals surface area contributed by atoms with Crippen molar-refractivity contribution in [1.29, 1.82) is 0 Å². The van der Waals surface area contributed by atoms with Crippen molar-refractivity contribution in [3.63, 3.8) is 0 Å². The lowest BCUT2D eigenvalue weighted by atomic mass is 9.92. The summed E-state index contributed by atoms with van der Waals surface area (Å²) in [6.45, 7) is 8.04. The Kier molecular flexibility index (Phi) is 3.97. The number of nitrogens with one attached hydrogen (secondary N) is 2. The normalized spacial score (nSPS) is 20.9. The predicted octanol–water partition coefficient (Wildman–Crippen LogP) is 1.62. The van der Waals surface area contributed by atoms with Crippen molar-refractivity contribution in [3.8, 4) is 0 Å². The molecule has 1 aromatic heterocycles. The Labute approximate surface area is 119 Å². The van der Waals surface area contributed by atoms with E-state index in [-0.39, 0.29) is 24.1 Å².